The zero-order valence-corrected chi connectivity index (χ0v) is 40.6. The van der Waals surface area contributed by atoms with Gasteiger partial charge in [-0.25, -0.2) is 0 Å². The number of aliphatic hydroxyl groups excluding tert-OH is 5. The maximum Gasteiger partial charge on any atom is 0.220 e. The largest absolute Gasteiger partial charge is 0.394 e. The number of unbranched alkanes of at least 4 members (excludes halogenated alkanes) is 28. The lowest BCUT2D eigenvalue weighted by Crippen LogP contribution is -2.60. The maximum atomic E-state index is 13.0. The quantitative estimate of drug-likeness (QED) is 0.0262. The summed E-state index contributed by atoms with van der Waals surface area (Å²) in [7, 11) is 0. The number of hydrogen-bond acceptors (Lipinski definition) is 8. The van der Waals surface area contributed by atoms with Gasteiger partial charge in [-0.3, -0.25) is 4.79 Å². The number of rotatable bonds is 44. The van der Waals surface area contributed by atoms with E-state index in [4.69, 9.17) is 9.47 Å². The molecule has 0 aromatic rings. The van der Waals surface area contributed by atoms with Crippen molar-refractivity contribution in [2.45, 2.75) is 275 Å². The second-order valence-electron chi connectivity index (χ2n) is 18.3. The molecule has 1 aliphatic rings. The van der Waals surface area contributed by atoms with E-state index in [1.807, 2.05) is 6.08 Å². The molecule has 368 valence electrons. The monoisotopic (exact) mass is 890 g/mol. The number of allylic oxidation sites excluding steroid dienone is 7. The van der Waals surface area contributed by atoms with Gasteiger partial charge in [0.2, 0.25) is 5.91 Å². The number of amides is 1. The number of aliphatic hydroxyl groups is 5. The van der Waals surface area contributed by atoms with Gasteiger partial charge in [0.25, 0.3) is 0 Å². The van der Waals surface area contributed by atoms with Crippen LogP contribution in [-0.2, 0) is 14.3 Å². The van der Waals surface area contributed by atoms with Gasteiger partial charge < -0.3 is 40.3 Å². The molecule has 6 N–H and O–H groups in total. The predicted octanol–water partition coefficient (Wildman–Crippen LogP) is 12.2. The molecule has 7 atom stereocenters. The normalized spacial score (nSPS) is 20.5. The molecule has 0 aromatic carbocycles. The molecule has 1 fully saturated rings. The topological polar surface area (TPSA) is 149 Å². The summed E-state index contributed by atoms with van der Waals surface area (Å²) in [5, 5.41) is 54.3. The SMILES string of the molecule is CCCCCCC/C=C\C/C=C\CCCCCCCCCCCCCC(=O)NC(COC1OC(CO)C(O)C(O)C1O)C(O)/C=C/CC/C=C/CCCCCCCCCCCCC. The van der Waals surface area contributed by atoms with Crippen LogP contribution in [0, 0.1) is 0 Å². The minimum absolute atomic E-state index is 0.189. The highest BCUT2D eigenvalue weighted by Crippen LogP contribution is 2.23. The molecule has 0 radical (unpaired) electrons. The van der Waals surface area contributed by atoms with Gasteiger partial charge in [0, 0.05) is 6.42 Å². The fourth-order valence-corrected chi connectivity index (χ4v) is 8.14. The van der Waals surface area contributed by atoms with Crippen molar-refractivity contribution in [1.29, 1.82) is 0 Å². The van der Waals surface area contributed by atoms with Gasteiger partial charge >= 0.3 is 0 Å². The maximum absolute atomic E-state index is 13.0. The van der Waals surface area contributed by atoms with Crippen molar-refractivity contribution >= 4 is 5.91 Å². The highest BCUT2D eigenvalue weighted by molar-refractivity contribution is 5.76. The Balaban J connectivity index is 2.29. The van der Waals surface area contributed by atoms with E-state index in [0.29, 0.717) is 6.42 Å². The summed E-state index contributed by atoms with van der Waals surface area (Å²) in [6.45, 7) is 3.76. The third kappa shape index (κ3) is 34.2. The highest BCUT2D eigenvalue weighted by Gasteiger charge is 2.44. The Labute approximate surface area is 386 Å². The number of ether oxygens (including phenoxy) is 2. The smallest absolute Gasteiger partial charge is 0.220 e. The van der Waals surface area contributed by atoms with Crippen LogP contribution in [0.1, 0.15) is 232 Å². The van der Waals surface area contributed by atoms with E-state index in [0.717, 1.165) is 44.9 Å². The van der Waals surface area contributed by atoms with Crippen LogP contribution < -0.4 is 5.32 Å². The number of hydrogen-bond donors (Lipinski definition) is 6. The molecule has 0 bridgehead atoms. The van der Waals surface area contributed by atoms with Gasteiger partial charge in [-0.2, -0.15) is 0 Å². The molecule has 1 aliphatic heterocycles. The summed E-state index contributed by atoms with van der Waals surface area (Å²) in [5.74, 6) is -0.189. The minimum Gasteiger partial charge on any atom is -0.394 e. The van der Waals surface area contributed by atoms with E-state index >= 15 is 0 Å². The first-order valence-corrected chi connectivity index (χ1v) is 26.4. The van der Waals surface area contributed by atoms with Gasteiger partial charge in [-0.1, -0.05) is 210 Å². The van der Waals surface area contributed by atoms with E-state index in [2.05, 4.69) is 55.6 Å². The number of carbonyl (C=O) groups is 1. The van der Waals surface area contributed by atoms with Crippen molar-refractivity contribution in [3.05, 3.63) is 48.6 Å². The third-order valence-electron chi connectivity index (χ3n) is 12.4. The molecule has 9 nitrogen and oxygen atoms in total. The average Bonchev–Trinajstić information content (AvgIpc) is 3.28. The van der Waals surface area contributed by atoms with Crippen molar-refractivity contribution in [3.63, 3.8) is 0 Å². The molecule has 63 heavy (non-hydrogen) atoms. The summed E-state index contributed by atoms with van der Waals surface area (Å²) >= 11 is 0. The van der Waals surface area contributed by atoms with Crippen LogP contribution in [0.4, 0.5) is 0 Å². The Morgan fingerprint density at radius 3 is 1.43 bits per heavy atom. The van der Waals surface area contributed by atoms with Crippen LogP contribution in [-0.4, -0.2) is 87.5 Å². The number of carbonyl (C=O) groups excluding carboxylic acids is 1. The predicted molar refractivity (Wildman–Crippen MR) is 263 cm³/mol. The van der Waals surface area contributed by atoms with E-state index in [-0.39, 0.29) is 12.5 Å². The summed E-state index contributed by atoms with van der Waals surface area (Å²) in [5.41, 5.74) is 0. The van der Waals surface area contributed by atoms with Crippen molar-refractivity contribution < 1.29 is 39.8 Å². The first kappa shape index (κ1) is 59.2. The van der Waals surface area contributed by atoms with E-state index < -0.39 is 49.5 Å². The van der Waals surface area contributed by atoms with Crippen molar-refractivity contribution in [1.82, 2.24) is 5.32 Å². The lowest BCUT2D eigenvalue weighted by molar-refractivity contribution is -0.302. The standard InChI is InChI=1S/C54H99NO8/c1-3-5-7-9-11-13-15-17-19-21-22-23-24-25-26-28-30-32-34-36-38-40-42-44-50(58)55-47(46-62-54-53(61)52(60)51(59)49(45-56)63-54)48(57)43-41-39-37-35-33-31-29-27-20-18-16-14-12-10-8-6-4-2/h15,17,21-22,33,35,41,43,47-49,51-54,56-57,59-61H,3-14,16,18-20,23-32,34,36-40,42,44-46H2,1-2H3,(H,55,58)/b17-15-,22-21-,35-33+,43-41+. The van der Waals surface area contributed by atoms with Gasteiger partial charge in [-0.05, 0) is 64.2 Å². The minimum atomic E-state index is -1.57. The van der Waals surface area contributed by atoms with Crippen LogP contribution in [0.5, 0.6) is 0 Å². The molecule has 0 saturated carbocycles. The van der Waals surface area contributed by atoms with Gasteiger partial charge in [0.15, 0.2) is 6.29 Å². The van der Waals surface area contributed by atoms with Crippen molar-refractivity contribution in [2.75, 3.05) is 13.2 Å². The van der Waals surface area contributed by atoms with Crippen LogP contribution in [0.15, 0.2) is 48.6 Å². The van der Waals surface area contributed by atoms with Crippen molar-refractivity contribution in [3.8, 4) is 0 Å². The first-order chi connectivity index (χ1) is 30.8. The van der Waals surface area contributed by atoms with Crippen LogP contribution in [0.2, 0.25) is 0 Å². The second-order valence-corrected chi connectivity index (χ2v) is 18.3. The summed E-state index contributed by atoms with van der Waals surface area (Å²) in [6, 6.07) is -0.823. The molecule has 7 unspecified atom stereocenters. The van der Waals surface area contributed by atoms with E-state index in [1.165, 1.54) is 167 Å². The molecule has 1 rings (SSSR count). The van der Waals surface area contributed by atoms with Gasteiger partial charge in [0.1, 0.15) is 24.4 Å². The van der Waals surface area contributed by atoms with Gasteiger partial charge in [0.05, 0.1) is 25.4 Å². The van der Waals surface area contributed by atoms with Crippen LogP contribution >= 0.6 is 0 Å². The molecular weight excluding hydrogens is 791 g/mol. The van der Waals surface area contributed by atoms with Crippen molar-refractivity contribution in [2.24, 2.45) is 0 Å². The molecule has 1 saturated heterocycles. The fraction of sp³-hybridized carbons (Fsp3) is 0.833. The Bertz CT molecular complexity index is 1130. The van der Waals surface area contributed by atoms with Gasteiger partial charge in [-0.15, -0.1) is 0 Å². The molecule has 0 aromatic heterocycles. The molecule has 1 amide bonds. The number of nitrogens with one attached hydrogen (secondary N) is 1. The molecule has 0 aliphatic carbocycles. The lowest BCUT2D eigenvalue weighted by Gasteiger charge is -2.40. The molecular formula is C54H99NO8. The Hall–Kier alpha value is -1.85. The Morgan fingerprint density at radius 2 is 0.952 bits per heavy atom. The van der Waals surface area contributed by atoms with Crippen LogP contribution in [0.3, 0.4) is 0 Å². The molecule has 1 heterocycles. The zero-order valence-electron chi connectivity index (χ0n) is 40.6. The molecule has 0 spiro atoms. The summed E-state index contributed by atoms with van der Waals surface area (Å²) in [6.07, 6.45) is 50.2. The zero-order chi connectivity index (χ0) is 45.9. The molecule has 9 heteroatoms. The van der Waals surface area contributed by atoms with E-state index in [9.17, 15) is 30.3 Å². The average molecular weight is 890 g/mol. The first-order valence-electron chi connectivity index (χ1n) is 26.4. The summed E-state index contributed by atoms with van der Waals surface area (Å²) in [4.78, 5) is 13.0. The third-order valence-corrected chi connectivity index (χ3v) is 12.4. The Morgan fingerprint density at radius 1 is 0.540 bits per heavy atom. The lowest BCUT2D eigenvalue weighted by atomic mass is 9.99. The highest BCUT2D eigenvalue weighted by atomic mass is 16.7. The summed E-state index contributed by atoms with van der Waals surface area (Å²) < 4.78 is 11.2. The Kier molecular flexibility index (Phi) is 41.3. The van der Waals surface area contributed by atoms with Crippen LogP contribution in [0.25, 0.3) is 0 Å². The second kappa shape index (κ2) is 44.0. The van der Waals surface area contributed by atoms with E-state index in [1.54, 1.807) is 6.08 Å². The fourth-order valence-electron chi connectivity index (χ4n) is 8.14.